The summed E-state index contributed by atoms with van der Waals surface area (Å²) in [5, 5.41) is 10.7. The van der Waals surface area contributed by atoms with E-state index in [0.717, 1.165) is 45.2 Å². The average Bonchev–Trinajstić information content (AvgIpc) is 3.09. The van der Waals surface area contributed by atoms with Crippen LogP contribution in [0.2, 0.25) is 0 Å². The third kappa shape index (κ3) is 5.49. The molecule has 4 nitrogen and oxygen atoms in total. The van der Waals surface area contributed by atoms with Crippen LogP contribution in [0.3, 0.4) is 0 Å². The molecule has 4 rings (SSSR count). The number of rotatable bonds is 8. The first-order valence-corrected chi connectivity index (χ1v) is 14.4. The van der Waals surface area contributed by atoms with Gasteiger partial charge in [0, 0.05) is 6.42 Å². The minimum Gasteiger partial charge on any atom is -0.612 e. The van der Waals surface area contributed by atoms with E-state index in [4.69, 9.17) is 0 Å². The highest BCUT2D eigenvalue weighted by atomic mass is 32.2. The molecule has 0 heterocycles. The van der Waals surface area contributed by atoms with Crippen molar-refractivity contribution in [2.24, 2.45) is 0 Å². The first kappa shape index (κ1) is 28.5. The largest absolute Gasteiger partial charge is 0.612 e. The lowest BCUT2D eigenvalue weighted by atomic mass is 9.72. The fraction of sp³-hybridized carbons (Fsp3) is 0.273. The average molecular weight is 545 g/mol. The Labute approximate surface area is 232 Å². The van der Waals surface area contributed by atoms with Gasteiger partial charge in [-0.2, -0.15) is 0 Å². The normalized spacial score (nSPS) is 15.8. The molecule has 2 atom stereocenters. The summed E-state index contributed by atoms with van der Waals surface area (Å²) in [6, 6.07) is 15.7. The van der Waals surface area contributed by atoms with E-state index in [-0.39, 0.29) is 6.42 Å². The molecule has 0 aromatic heterocycles. The van der Waals surface area contributed by atoms with Crippen molar-refractivity contribution in [3.05, 3.63) is 105 Å². The number of carbonyl (C=O) groups is 2. The van der Waals surface area contributed by atoms with Gasteiger partial charge in [0.2, 0.25) is 0 Å². The first-order chi connectivity index (χ1) is 18.4. The van der Waals surface area contributed by atoms with Crippen LogP contribution in [0.5, 0.6) is 0 Å². The standard InChI is InChI=1S/C33H33FO4S/c1-19-15-20(2)31(33(4,5)13-14-35)28(16-19)30(32(36)37)29-21(3)26(25-12-9-23(34)18-27(25)29)17-22-7-10-24(11-8-22)39(6)38/h7-12,14-18,30H,13H2,1-6H3,(H,36,37). The summed E-state index contributed by atoms with van der Waals surface area (Å²) >= 11 is -1.10. The van der Waals surface area contributed by atoms with Crippen LogP contribution in [0.1, 0.15) is 72.1 Å². The van der Waals surface area contributed by atoms with Gasteiger partial charge in [0.25, 0.3) is 0 Å². The lowest BCUT2D eigenvalue weighted by molar-refractivity contribution is -0.137. The molecule has 0 amide bonds. The fourth-order valence-electron chi connectivity index (χ4n) is 5.88. The molecular weight excluding hydrogens is 511 g/mol. The van der Waals surface area contributed by atoms with E-state index in [1.807, 2.05) is 65.0 Å². The van der Waals surface area contributed by atoms with Crippen LogP contribution in [0.4, 0.5) is 4.39 Å². The van der Waals surface area contributed by atoms with Crippen molar-refractivity contribution < 1.29 is 23.6 Å². The highest BCUT2D eigenvalue weighted by Gasteiger charge is 2.38. The Morgan fingerprint density at radius 3 is 2.31 bits per heavy atom. The molecule has 0 spiro atoms. The van der Waals surface area contributed by atoms with Gasteiger partial charge in [-0.3, -0.25) is 4.79 Å². The molecule has 39 heavy (non-hydrogen) atoms. The Bertz CT molecular complexity index is 1510. The second-order valence-electron chi connectivity index (χ2n) is 10.9. The summed E-state index contributed by atoms with van der Waals surface area (Å²) < 4.78 is 26.5. The lowest BCUT2D eigenvalue weighted by Crippen LogP contribution is -2.25. The minimum atomic E-state index is -1.10. The predicted octanol–water partition coefficient (Wildman–Crippen LogP) is 7.24. The van der Waals surface area contributed by atoms with Crippen molar-refractivity contribution in [3.63, 3.8) is 0 Å². The Kier molecular flexibility index (Phi) is 8.01. The number of aldehydes is 1. The number of allylic oxidation sites excluding steroid dienone is 2. The zero-order chi connectivity index (χ0) is 28.6. The van der Waals surface area contributed by atoms with Gasteiger partial charge in [-0.05, 0) is 130 Å². The molecule has 0 saturated carbocycles. The molecule has 3 aromatic rings. The zero-order valence-corrected chi connectivity index (χ0v) is 23.9. The number of hydrogen-bond donors (Lipinski definition) is 1. The first-order valence-electron chi connectivity index (χ1n) is 12.8. The Morgan fingerprint density at radius 2 is 1.72 bits per heavy atom. The van der Waals surface area contributed by atoms with Crippen LogP contribution in [-0.4, -0.2) is 28.2 Å². The van der Waals surface area contributed by atoms with Crippen molar-refractivity contribution in [3.8, 4) is 0 Å². The summed E-state index contributed by atoms with van der Waals surface area (Å²) in [6.45, 7) is 9.64. The SMILES string of the molecule is CC1=C(C(C(=O)O)c2cc(C)cc(C)c2C(C)(C)CC=O)c2cc(F)ccc2C1=Cc1ccc([S+](C)[O-])cc1. The van der Waals surface area contributed by atoms with E-state index in [0.29, 0.717) is 21.6 Å². The smallest absolute Gasteiger partial charge is 0.315 e. The third-order valence-corrected chi connectivity index (χ3v) is 8.46. The Hall–Kier alpha value is -3.48. The van der Waals surface area contributed by atoms with E-state index in [1.54, 1.807) is 24.5 Å². The van der Waals surface area contributed by atoms with Gasteiger partial charge in [-0.25, -0.2) is 4.39 Å². The summed E-state index contributed by atoms with van der Waals surface area (Å²) in [6.07, 6.45) is 4.68. The maximum atomic E-state index is 14.6. The second-order valence-corrected chi connectivity index (χ2v) is 12.3. The van der Waals surface area contributed by atoms with Crippen LogP contribution in [0, 0.1) is 19.7 Å². The van der Waals surface area contributed by atoms with Gasteiger partial charge in [0.1, 0.15) is 24.3 Å². The lowest BCUT2D eigenvalue weighted by Gasteiger charge is -2.31. The van der Waals surface area contributed by atoms with Crippen molar-refractivity contribution >= 4 is 40.7 Å². The van der Waals surface area contributed by atoms with Crippen LogP contribution in [0.15, 0.2) is 65.1 Å². The number of halogens is 1. The summed E-state index contributed by atoms with van der Waals surface area (Å²) in [4.78, 5) is 25.4. The van der Waals surface area contributed by atoms with Crippen molar-refractivity contribution in [1.82, 2.24) is 0 Å². The van der Waals surface area contributed by atoms with E-state index >= 15 is 0 Å². The van der Waals surface area contributed by atoms with Crippen LogP contribution < -0.4 is 0 Å². The van der Waals surface area contributed by atoms with Gasteiger partial charge in [-0.1, -0.05) is 37.6 Å². The molecule has 0 radical (unpaired) electrons. The molecule has 1 aliphatic carbocycles. The zero-order valence-electron chi connectivity index (χ0n) is 23.1. The van der Waals surface area contributed by atoms with E-state index in [9.17, 15) is 23.6 Å². The highest BCUT2D eigenvalue weighted by molar-refractivity contribution is 7.90. The van der Waals surface area contributed by atoms with Crippen LogP contribution in [-0.2, 0) is 26.2 Å². The Morgan fingerprint density at radius 1 is 1.05 bits per heavy atom. The van der Waals surface area contributed by atoms with Gasteiger partial charge in [0.05, 0.1) is 0 Å². The van der Waals surface area contributed by atoms with Crippen LogP contribution in [0.25, 0.3) is 17.2 Å². The maximum absolute atomic E-state index is 14.6. The minimum absolute atomic E-state index is 0.239. The number of benzene rings is 3. The molecule has 1 aliphatic rings. The topological polar surface area (TPSA) is 77.4 Å². The van der Waals surface area contributed by atoms with Crippen molar-refractivity contribution in [1.29, 1.82) is 0 Å². The summed E-state index contributed by atoms with van der Waals surface area (Å²) in [7, 11) is 0. The molecule has 0 aliphatic heterocycles. The molecule has 3 aromatic carbocycles. The quantitative estimate of drug-likeness (QED) is 0.239. The number of carboxylic acid groups (broad SMARTS) is 1. The number of fused-ring (bicyclic) bond motifs is 1. The van der Waals surface area contributed by atoms with Gasteiger partial charge >= 0.3 is 5.97 Å². The number of carbonyl (C=O) groups excluding carboxylic acids is 1. The maximum Gasteiger partial charge on any atom is 0.315 e. The van der Waals surface area contributed by atoms with Gasteiger partial charge < -0.3 is 14.5 Å². The molecule has 0 fully saturated rings. The Balaban J connectivity index is 2.00. The van der Waals surface area contributed by atoms with Crippen molar-refractivity contribution in [2.45, 2.75) is 57.3 Å². The molecule has 0 bridgehead atoms. The van der Waals surface area contributed by atoms with Gasteiger partial charge in [-0.15, -0.1) is 0 Å². The summed E-state index contributed by atoms with van der Waals surface area (Å²) in [5.41, 5.74) is 6.97. The predicted molar refractivity (Wildman–Crippen MR) is 156 cm³/mol. The molecule has 0 saturated heterocycles. The van der Waals surface area contributed by atoms with Crippen molar-refractivity contribution in [2.75, 3.05) is 6.26 Å². The monoisotopic (exact) mass is 544 g/mol. The molecule has 202 valence electrons. The van der Waals surface area contributed by atoms with Gasteiger partial charge in [0.15, 0.2) is 4.90 Å². The summed E-state index contributed by atoms with van der Waals surface area (Å²) in [5.74, 6) is -2.55. The molecule has 2 unspecified atom stereocenters. The molecular formula is C33H33FO4S. The number of hydrogen-bond acceptors (Lipinski definition) is 3. The third-order valence-electron chi connectivity index (χ3n) is 7.52. The molecule has 1 N–H and O–H groups in total. The molecule has 6 heteroatoms. The van der Waals surface area contributed by atoms with Crippen LogP contribution >= 0.6 is 0 Å². The second kappa shape index (κ2) is 10.9. The van der Waals surface area contributed by atoms with E-state index in [1.165, 1.54) is 12.1 Å². The number of carboxylic acids is 1. The fourth-order valence-corrected chi connectivity index (χ4v) is 6.40. The highest BCUT2D eigenvalue weighted by Crippen LogP contribution is 2.50. The van der Waals surface area contributed by atoms with E-state index in [2.05, 4.69) is 0 Å². The number of aliphatic carboxylic acids is 1. The van der Waals surface area contributed by atoms with E-state index < -0.39 is 34.3 Å². The number of aryl methyl sites for hydroxylation is 2.